The van der Waals surface area contributed by atoms with Crippen molar-refractivity contribution in [2.45, 2.75) is 46.1 Å². The summed E-state index contributed by atoms with van der Waals surface area (Å²) in [5, 5.41) is 12.2. The lowest BCUT2D eigenvalue weighted by molar-refractivity contribution is -0.137. The molecule has 0 saturated carbocycles. The number of nitrogens with one attached hydrogen (secondary N) is 1. The van der Waals surface area contributed by atoms with Crippen molar-refractivity contribution in [1.82, 2.24) is 5.32 Å². The minimum atomic E-state index is -0.742. The third-order valence-electron chi connectivity index (χ3n) is 3.07. The smallest absolute Gasteiger partial charge is 0.304 e. The van der Waals surface area contributed by atoms with Crippen molar-refractivity contribution in [3.05, 3.63) is 34.9 Å². The van der Waals surface area contributed by atoms with Crippen molar-refractivity contribution in [2.24, 2.45) is 0 Å². The highest BCUT2D eigenvalue weighted by Gasteiger charge is 2.14. The molecule has 1 rings (SSSR count). The van der Waals surface area contributed by atoms with E-state index in [0.717, 1.165) is 19.4 Å². The van der Waals surface area contributed by atoms with Gasteiger partial charge in [-0.25, -0.2) is 0 Å². The molecule has 100 valence electrons. The summed E-state index contributed by atoms with van der Waals surface area (Å²) in [4.78, 5) is 10.9. The largest absolute Gasteiger partial charge is 0.481 e. The molecule has 0 aliphatic heterocycles. The van der Waals surface area contributed by atoms with E-state index in [2.05, 4.69) is 44.3 Å². The van der Waals surface area contributed by atoms with E-state index in [1.54, 1.807) is 0 Å². The fourth-order valence-electron chi connectivity index (χ4n) is 2.12. The Morgan fingerprint density at radius 2 is 2.11 bits per heavy atom. The number of carboxylic acids is 1. The van der Waals surface area contributed by atoms with Crippen LogP contribution in [0.25, 0.3) is 0 Å². The zero-order valence-electron chi connectivity index (χ0n) is 11.5. The second kappa shape index (κ2) is 7.17. The standard InChI is InChI=1S/C15H23NO2/c1-4-7-16-14(10-15(17)18)9-13-6-5-11(2)8-12(13)3/h5-6,8,14,16H,4,7,9-10H2,1-3H3,(H,17,18). The Labute approximate surface area is 109 Å². The number of benzene rings is 1. The summed E-state index contributed by atoms with van der Waals surface area (Å²) in [5.74, 6) is -0.742. The van der Waals surface area contributed by atoms with Gasteiger partial charge in [-0.2, -0.15) is 0 Å². The van der Waals surface area contributed by atoms with Crippen molar-refractivity contribution in [2.75, 3.05) is 6.54 Å². The SMILES string of the molecule is CCCNC(CC(=O)O)Cc1ccc(C)cc1C. The summed E-state index contributed by atoms with van der Waals surface area (Å²) < 4.78 is 0. The predicted molar refractivity (Wildman–Crippen MR) is 74.0 cm³/mol. The molecule has 1 aromatic rings. The molecular weight excluding hydrogens is 226 g/mol. The maximum Gasteiger partial charge on any atom is 0.304 e. The van der Waals surface area contributed by atoms with Crippen molar-refractivity contribution in [3.63, 3.8) is 0 Å². The van der Waals surface area contributed by atoms with Gasteiger partial charge in [-0.3, -0.25) is 4.79 Å². The molecule has 1 atom stereocenters. The van der Waals surface area contributed by atoms with Crippen molar-refractivity contribution in [1.29, 1.82) is 0 Å². The number of aliphatic carboxylic acids is 1. The van der Waals surface area contributed by atoms with E-state index >= 15 is 0 Å². The highest BCUT2D eigenvalue weighted by molar-refractivity contribution is 5.67. The van der Waals surface area contributed by atoms with Gasteiger partial charge >= 0.3 is 5.97 Å². The first-order valence-corrected chi connectivity index (χ1v) is 6.54. The normalized spacial score (nSPS) is 12.4. The van der Waals surface area contributed by atoms with Crippen LogP contribution in [0.2, 0.25) is 0 Å². The number of rotatable bonds is 7. The van der Waals surface area contributed by atoms with E-state index in [9.17, 15) is 4.79 Å². The summed E-state index contributed by atoms with van der Waals surface area (Å²) in [6.45, 7) is 7.10. The molecule has 0 amide bonds. The third kappa shape index (κ3) is 4.88. The lowest BCUT2D eigenvalue weighted by Gasteiger charge is -2.18. The molecule has 0 aromatic heterocycles. The van der Waals surface area contributed by atoms with Gasteiger partial charge in [-0.1, -0.05) is 30.7 Å². The summed E-state index contributed by atoms with van der Waals surface area (Å²) >= 11 is 0. The molecule has 18 heavy (non-hydrogen) atoms. The van der Waals surface area contributed by atoms with Crippen molar-refractivity contribution < 1.29 is 9.90 Å². The minimum absolute atomic E-state index is 0.0175. The molecule has 0 aliphatic rings. The molecule has 1 aromatic carbocycles. The molecular formula is C15H23NO2. The van der Waals surface area contributed by atoms with Gasteiger partial charge in [-0.05, 0) is 44.4 Å². The van der Waals surface area contributed by atoms with Crippen LogP contribution in [-0.4, -0.2) is 23.7 Å². The molecule has 0 saturated heterocycles. The predicted octanol–water partition coefficient (Wildman–Crippen LogP) is 2.69. The molecule has 2 N–H and O–H groups in total. The first-order chi connectivity index (χ1) is 8.52. The second-order valence-electron chi connectivity index (χ2n) is 4.88. The van der Waals surface area contributed by atoms with E-state index in [1.807, 2.05) is 0 Å². The van der Waals surface area contributed by atoms with E-state index in [-0.39, 0.29) is 12.5 Å². The number of hydrogen-bond donors (Lipinski definition) is 2. The molecule has 0 aliphatic carbocycles. The number of hydrogen-bond acceptors (Lipinski definition) is 2. The molecule has 1 unspecified atom stereocenters. The molecule has 0 radical (unpaired) electrons. The highest BCUT2D eigenvalue weighted by Crippen LogP contribution is 2.14. The van der Waals surface area contributed by atoms with Crippen LogP contribution in [0.15, 0.2) is 18.2 Å². The lowest BCUT2D eigenvalue weighted by Crippen LogP contribution is -2.34. The fraction of sp³-hybridized carbons (Fsp3) is 0.533. The van der Waals surface area contributed by atoms with Crippen LogP contribution in [0.5, 0.6) is 0 Å². The molecule has 0 bridgehead atoms. The molecule has 3 nitrogen and oxygen atoms in total. The van der Waals surface area contributed by atoms with E-state index < -0.39 is 5.97 Å². The maximum absolute atomic E-state index is 10.9. The number of aryl methyl sites for hydroxylation is 2. The summed E-state index contributed by atoms with van der Waals surface area (Å²) in [5.41, 5.74) is 3.71. The van der Waals surface area contributed by atoms with Gasteiger partial charge in [0.1, 0.15) is 0 Å². The van der Waals surface area contributed by atoms with E-state index in [1.165, 1.54) is 16.7 Å². The first kappa shape index (κ1) is 14.7. The van der Waals surface area contributed by atoms with Crippen LogP contribution in [0, 0.1) is 13.8 Å². The van der Waals surface area contributed by atoms with Gasteiger partial charge < -0.3 is 10.4 Å². The Balaban J connectivity index is 2.71. The Bertz CT molecular complexity index is 401. The quantitative estimate of drug-likeness (QED) is 0.781. The van der Waals surface area contributed by atoms with Crippen LogP contribution in [-0.2, 0) is 11.2 Å². The average molecular weight is 249 g/mol. The van der Waals surface area contributed by atoms with E-state index in [0.29, 0.717) is 0 Å². The summed E-state index contributed by atoms with van der Waals surface area (Å²) in [6, 6.07) is 6.35. The average Bonchev–Trinajstić information content (AvgIpc) is 2.29. The Morgan fingerprint density at radius 3 is 2.67 bits per heavy atom. The maximum atomic E-state index is 10.9. The Morgan fingerprint density at radius 1 is 1.39 bits per heavy atom. The van der Waals surface area contributed by atoms with Gasteiger partial charge in [0.05, 0.1) is 6.42 Å². The van der Waals surface area contributed by atoms with Gasteiger partial charge in [0.25, 0.3) is 0 Å². The summed E-state index contributed by atoms with van der Waals surface area (Å²) in [6.07, 6.45) is 1.97. The van der Waals surface area contributed by atoms with E-state index in [4.69, 9.17) is 5.11 Å². The van der Waals surface area contributed by atoms with Crippen LogP contribution >= 0.6 is 0 Å². The number of carbonyl (C=O) groups is 1. The second-order valence-corrected chi connectivity index (χ2v) is 4.88. The van der Waals surface area contributed by atoms with Crippen molar-refractivity contribution in [3.8, 4) is 0 Å². The Kier molecular flexibility index (Phi) is 5.86. The Hall–Kier alpha value is -1.35. The topological polar surface area (TPSA) is 49.3 Å². The van der Waals surface area contributed by atoms with Crippen LogP contribution < -0.4 is 5.32 Å². The highest BCUT2D eigenvalue weighted by atomic mass is 16.4. The number of carboxylic acid groups (broad SMARTS) is 1. The lowest BCUT2D eigenvalue weighted by atomic mass is 9.97. The molecule has 0 fully saturated rings. The minimum Gasteiger partial charge on any atom is -0.481 e. The fourth-order valence-corrected chi connectivity index (χ4v) is 2.12. The first-order valence-electron chi connectivity index (χ1n) is 6.54. The van der Waals surface area contributed by atoms with Crippen LogP contribution in [0.3, 0.4) is 0 Å². The molecule has 0 heterocycles. The molecule has 3 heteroatoms. The van der Waals surface area contributed by atoms with Gasteiger partial charge in [0.2, 0.25) is 0 Å². The zero-order valence-corrected chi connectivity index (χ0v) is 11.5. The molecule has 0 spiro atoms. The van der Waals surface area contributed by atoms with Crippen LogP contribution in [0.4, 0.5) is 0 Å². The van der Waals surface area contributed by atoms with Gasteiger partial charge in [0.15, 0.2) is 0 Å². The van der Waals surface area contributed by atoms with Crippen LogP contribution in [0.1, 0.15) is 36.5 Å². The monoisotopic (exact) mass is 249 g/mol. The third-order valence-corrected chi connectivity index (χ3v) is 3.07. The zero-order chi connectivity index (χ0) is 13.5. The van der Waals surface area contributed by atoms with Gasteiger partial charge in [0, 0.05) is 6.04 Å². The summed E-state index contributed by atoms with van der Waals surface area (Å²) in [7, 11) is 0. The van der Waals surface area contributed by atoms with Crippen molar-refractivity contribution >= 4 is 5.97 Å². The van der Waals surface area contributed by atoms with Gasteiger partial charge in [-0.15, -0.1) is 0 Å².